The summed E-state index contributed by atoms with van der Waals surface area (Å²) in [4.78, 5) is 9.04. The van der Waals surface area contributed by atoms with Crippen LogP contribution in [0.2, 0.25) is 0 Å². The molecule has 208 valence electrons. The third kappa shape index (κ3) is 5.35. The summed E-state index contributed by atoms with van der Waals surface area (Å²) in [5, 5.41) is 6.77. The van der Waals surface area contributed by atoms with E-state index in [0.29, 0.717) is 36.5 Å². The van der Waals surface area contributed by atoms with Gasteiger partial charge in [-0.05, 0) is 49.1 Å². The van der Waals surface area contributed by atoms with Crippen LogP contribution in [0, 0.1) is 5.82 Å². The number of aromatic nitrogens is 3. The quantitative estimate of drug-likeness (QED) is 0.322. The number of anilines is 1. The summed E-state index contributed by atoms with van der Waals surface area (Å²) in [7, 11) is -3.48. The van der Waals surface area contributed by atoms with Gasteiger partial charge in [0.25, 0.3) is 0 Å². The van der Waals surface area contributed by atoms with Crippen LogP contribution < -0.4 is 11.1 Å². The average Bonchev–Trinajstić information content (AvgIpc) is 3.76. The van der Waals surface area contributed by atoms with Crippen molar-refractivity contribution in [2.24, 2.45) is 0 Å². The number of nitrogens with two attached hydrogens (primary N) is 1. The van der Waals surface area contributed by atoms with Crippen LogP contribution in [-0.4, -0.2) is 54.8 Å². The van der Waals surface area contributed by atoms with E-state index in [1.54, 1.807) is 36.4 Å². The molecule has 2 aromatic heterocycles. The van der Waals surface area contributed by atoms with E-state index in [1.165, 1.54) is 12.3 Å². The molecule has 0 spiro atoms. The first-order valence-corrected chi connectivity index (χ1v) is 14.6. The number of nitrogens with one attached hydrogen (secondary N) is 1. The molecule has 2 aromatic carbocycles. The van der Waals surface area contributed by atoms with Crippen LogP contribution in [0.25, 0.3) is 34.0 Å². The van der Waals surface area contributed by atoms with Crippen molar-refractivity contribution in [2.75, 3.05) is 25.6 Å². The largest absolute Gasteiger partial charge is 0.382 e. The first-order valence-electron chi connectivity index (χ1n) is 13.0. The van der Waals surface area contributed by atoms with Gasteiger partial charge < -0.3 is 19.7 Å². The normalized spacial score (nSPS) is 19.3. The molecule has 10 nitrogen and oxygen atoms in total. The second-order valence-corrected chi connectivity index (χ2v) is 12.0. The highest BCUT2D eigenvalue weighted by Crippen LogP contribution is 2.31. The average molecular weight is 566 g/mol. The van der Waals surface area contributed by atoms with Gasteiger partial charge in [-0.3, -0.25) is 5.32 Å². The van der Waals surface area contributed by atoms with Crippen molar-refractivity contribution in [3.63, 3.8) is 0 Å². The molecule has 2 aliphatic heterocycles. The summed E-state index contributed by atoms with van der Waals surface area (Å²) in [5.41, 5.74) is 8.81. The van der Waals surface area contributed by atoms with Crippen LogP contribution in [0.3, 0.4) is 0 Å². The highest BCUT2D eigenvalue weighted by molar-refractivity contribution is 7.92. The Morgan fingerprint density at radius 3 is 2.62 bits per heavy atom. The molecule has 0 radical (unpaired) electrons. The van der Waals surface area contributed by atoms with Gasteiger partial charge in [0, 0.05) is 37.0 Å². The van der Waals surface area contributed by atoms with Crippen molar-refractivity contribution in [3.05, 3.63) is 66.1 Å². The van der Waals surface area contributed by atoms with Gasteiger partial charge in [-0.1, -0.05) is 23.4 Å². The lowest BCUT2D eigenvalue weighted by molar-refractivity contribution is 0.0827. The summed E-state index contributed by atoms with van der Waals surface area (Å²) in [5.74, 6) is -0.0905. The minimum absolute atomic E-state index is 0.00108. The van der Waals surface area contributed by atoms with Gasteiger partial charge in [0.15, 0.2) is 27.1 Å². The van der Waals surface area contributed by atoms with Gasteiger partial charge in [0.1, 0.15) is 17.7 Å². The van der Waals surface area contributed by atoms with Crippen LogP contribution in [-0.2, 0) is 25.9 Å². The third-order valence-corrected chi connectivity index (χ3v) is 9.30. The molecule has 2 atom stereocenters. The zero-order valence-corrected chi connectivity index (χ0v) is 22.4. The SMILES string of the molecule is Nc1ncc(-c2ccc(S(=O)(=O)[C@@H]3CCOC3)cc2)nc1-c1cc(-c2ccc(CN[C@@H]3CCCO3)cc2F)no1. The highest BCUT2D eigenvalue weighted by atomic mass is 32.2. The molecule has 2 fully saturated rings. The Hall–Kier alpha value is -3.71. The zero-order valence-electron chi connectivity index (χ0n) is 21.5. The summed E-state index contributed by atoms with van der Waals surface area (Å²) >= 11 is 0. The van der Waals surface area contributed by atoms with Gasteiger partial charge in [0.2, 0.25) is 0 Å². The van der Waals surface area contributed by atoms with E-state index < -0.39 is 20.9 Å². The zero-order chi connectivity index (χ0) is 27.7. The standard InChI is InChI=1S/C28H28FN5O5S/c29-22-12-17(14-31-26-2-1-10-38-26)3-8-21(22)23-13-25(39-34-23)27-28(30)32-15-24(33-27)18-4-6-19(7-5-18)40(35,36)20-9-11-37-16-20/h3-8,12-13,15,20,26,31H,1-2,9-11,14,16H2,(H2,30,32)/t20-,26+/m1/s1. The molecule has 0 aliphatic carbocycles. The second kappa shape index (κ2) is 11.0. The van der Waals surface area contributed by atoms with Crippen LogP contribution in [0.15, 0.2) is 64.1 Å². The first kappa shape index (κ1) is 26.5. The Morgan fingerprint density at radius 1 is 1.05 bits per heavy atom. The van der Waals surface area contributed by atoms with Crippen molar-refractivity contribution in [1.82, 2.24) is 20.4 Å². The molecule has 12 heteroatoms. The van der Waals surface area contributed by atoms with E-state index in [4.69, 9.17) is 19.7 Å². The lowest BCUT2D eigenvalue weighted by atomic mass is 10.1. The number of benzene rings is 2. The molecule has 0 bridgehead atoms. The van der Waals surface area contributed by atoms with E-state index in [0.717, 1.165) is 25.0 Å². The number of nitrogen functional groups attached to an aromatic ring is 1. The maximum atomic E-state index is 15.0. The number of rotatable bonds is 8. The van der Waals surface area contributed by atoms with Crippen LogP contribution in [0.4, 0.5) is 10.2 Å². The topological polar surface area (TPSA) is 142 Å². The van der Waals surface area contributed by atoms with Crippen molar-refractivity contribution in [3.8, 4) is 34.0 Å². The monoisotopic (exact) mass is 565 g/mol. The molecule has 6 rings (SSSR count). The minimum Gasteiger partial charge on any atom is -0.382 e. The Kier molecular flexibility index (Phi) is 7.32. The fourth-order valence-corrected chi connectivity index (χ4v) is 6.43. The van der Waals surface area contributed by atoms with Gasteiger partial charge >= 0.3 is 0 Å². The van der Waals surface area contributed by atoms with Crippen LogP contribution in [0.1, 0.15) is 24.8 Å². The Labute approximate surface area is 230 Å². The lowest BCUT2D eigenvalue weighted by Crippen LogP contribution is -2.27. The van der Waals surface area contributed by atoms with Crippen molar-refractivity contribution in [1.29, 1.82) is 0 Å². The maximum absolute atomic E-state index is 15.0. The smallest absolute Gasteiger partial charge is 0.189 e. The van der Waals surface area contributed by atoms with E-state index in [2.05, 4.69) is 20.4 Å². The molecule has 4 aromatic rings. The number of hydrogen-bond donors (Lipinski definition) is 2. The molecule has 4 heterocycles. The number of nitrogens with zero attached hydrogens (tertiary/aromatic N) is 3. The van der Waals surface area contributed by atoms with E-state index >= 15 is 0 Å². The van der Waals surface area contributed by atoms with Crippen molar-refractivity contribution < 1.29 is 26.8 Å². The Morgan fingerprint density at radius 2 is 1.90 bits per heavy atom. The van der Waals surface area contributed by atoms with E-state index in [9.17, 15) is 12.8 Å². The summed E-state index contributed by atoms with van der Waals surface area (Å²) in [6, 6.07) is 12.9. The number of ether oxygens (including phenoxy) is 2. The van der Waals surface area contributed by atoms with Crippen molar-refractivity contribution >= 4 is 15.7 Å². The third-order valence-electron chi connectivity index (χ3n) is 7.12. The summed E-state index contributed by atoms with van der Waals surface area (Å²) in [6.07, 6.45) is 3.94. The van der Waals surface area contributed by atoms with Gasteiger partial charge in [-0.2, -0.15) is 0 Å². The van der Waals surface area contributed by atoms with Gasteiger partial charge in [0.05, 0.1) is 28.6 Å². The summed E-state index contributed by atoms with van der Waals surface area (Å²) < 4.78 is 56.9. The predicted octanol–water partition coefficient (Wildman–Crippen LogP) is 3.98. The Balaban J connectivity index is 1.21. The van der Waals surface area contributed by atoms with Gasteiger partial charge in [-0.15, -0.1) is 0 Å². The number of hydrogen-bond acceptors (Lipinski definition) is 10. The fraction of sp³-hybridized carbons (Fsp3) is 0.321. The minimum atomic E-state index is -3.48. The van der Waals surface area contributed by atoms with Crippen LogP contribution in [0.5, 0.6) is 0 Å². The van der Waals surface area contributed by atoms with E-state index in [-0.39, 0.29) is 40.6 Å². The predicted molar refractivity (Wildman–Crippen MR) is 145 cm³/mol. The van der Waals surface area contributed by atoms with Crippen molar-refractivity contribution in [2.45, 2.75) is 42.2 Å². The molecule has 40 heavy (non-hydrogen) atoms. The summed E-state index contributed by atoms with van der Waals surface area (Å²) in [6.45, 7) is 1.88. The maximum Gasteiger partial charge on any atom is 0.189 e. The fourth-order valence-electron chi connectivity index (χ4n) is 4.84. The van der Waals surface area contributed by atoms with Crippen LogP contribution >= 0.6 is 0 Å². The molecule has 2 aliphatic rings. The van der Waals surface area contributed by atoms with Gasteiger partial charge in [-0.25, -0.2) is 22.8 Å². The first-order chi connectivity index (χ1) is 19.4. The molecular weight excluding hydrogens is 537 g/mol. The molecular formula is C28H28FN5O5S. The number of halogens is 1. The van der Waals surface area contributed by atoms with E-state index in [1.807, 2.05) is 6.07 Å². The number of sulfone groups is 1. The molecule has 0 amide bonds. The highest BCUT2D eigenvalue weighted by Gasteiger charge is 2.31. The Bertz CT molecular complexity index is 1610. The molecule has 0 unspecified atom stereocenters. The molecule has 2 saturated heterocycles. The molecule has 0 saturated carbocycles. The second-order valence-electron chi connectivity index (χ2n) is 9.82. The lowest BCUT2D eigenvalue weighted by Gasteiger charge is -2.12. The molecule has 3 N–H and O–H groups in total.